The van der Waals surface area contributed by atoms with Crippen LogP contribution < -0.4 is 0 Å². The fraction of sp³-hybridized carbons (Fsp3) is 0. The van der Waals surface area contributed by atoms with Crippen molar-refractivity contribution in [2.75, 3.05) is 0 Å². The summed E-state index contributed by atoms with van der Waals surface area (Å²) in [6.45, 7) is 0. The molecule has 0 unspecified atom stereocenters. The number of fused-ring (bicyclic) bond motifs is 1. The molecule has 3 aromatic rings. The molecule has 0 amide bonds. The molecular formula is C15H7Cl2F2NO. The molecule has 0 bridgehead atoms. The molecule has 0 aliphatic heterocycles. The fourth-order valence-electron chi connectivity index (χ4n) is 2.29. The third kappa shape index (κ3) is 2.30. The summed E-state index contributed by atoms with van der Waals surface area (Å²) in [5, 5.41) is 1.06. The van der Waals surface area contributed by atoms with E-state index in [1.165, 1.54) is 6.07 Å². The minimum absolute atomic E-state index is 0.0412. The first-order valence-electron chi connectivity index (χ1n) is 5.92. The highest BCUT2D eigenvalue weighted by molar-refractivity contribution is 6.39. The number of benzene rings is 2. The maximum atomic E-state index is 13.9. The van der Waals surface area contributed by atoms with E-state index in [0.717, 1.165) is 18.2 Å². The molecule has 3 rings (SSSR count). The van der Waals surface area contributed by atoms with Crippen LogP contribution >= 0.6 is 23.2 Å². The zero-order chi connectivity index (χ0) is 15.1. The first-order chi connectivity index (χ1) is 10.0. The summed E-state index contributed by atoms with van der Waals surface area (Å²) in [6.07, 6.45) is 0.554. The molecule has 106 valence electrons. The van der Waals surface area contributed by atoms with E-state index in [9.17, 15) is 13.6 Å². The molecule has 21 heavy (non-hydrogen) atoms. The number of hydrogen-bond acceptors (Lipinski definition) is 1. The van der Waals surface area contributed by atoms with E-state index in [1.807, 2.05) is 0 Å². The molecule has 6 heteroatoms. The Morgan fingerprint density at radius 3 is 2.57 bits per heavy atom. The zero-order valence-corrected chi connectivity index (χ0v) is 11.9. The highest BCUT2D eigenvalue weighted by Crippen LogP contribution is 2.36. The normalized spacial score (nSPS) is 11.0. The Balaban J connectivity index is 2.40. The minimum Gasteiger partial charge on any atom is -0.354 e. The van der Waals surface area contributed by atoms with Gasteiger partial charge in [0.2, 0.25) is 0 Å². The van der Waals surface area contributed by atoms with Crippen LogP contribution in [0.15, 0.2) is 30.3 Å². The van der Waals surface area contributed by atoms with Crippen LogP contribution in [-0.2, 0) is 0 Å². The van der Waals surface area contributed by atoms with Crippen molar-refractivity contribution in [1.82, 2.24) is 4.98 Å². The number of aldehydes is 1. The summed E-state index contributed by atoms with van der Waals surface area (Å²) >= 11 is 12.0. The number of nitrogens with one attached hydrogen (secondary N) is 1. The lowest BCUT2D eigenvalue weighted by Crippen LogP contribution is -1.90. The van der Waals surface area contributed by atoms with Crippen molar-refractivity contribution in [3.8, 4) is 11.3 Å². The quantitative estimate of drug-likeness (QED) is 0.643. The van der Waals surface area contributed by atoms with E-state index in [1.54, 1.807) is 6.07 Å². The Bertz CT molecular complexity index is 874. The van der Waals surface area contributed by atoms with Crippen LogP contribution in [0.25, 0.3) is 22.2 Å². The predicted octanol–water partition coefficient (Wildman–Crippen LogP) is 5.23. The third-order valence-corrected chi connectivity index (χ3v) is 3.69. The Morgan fingerprint density at radius 2 is 1.86 bits per heavy atom. The Kier molecular flexibility index (Phi) is 3.43. The number of carbonyl (C=O) groups is 1. The van der Waals surface area contributed by atoms with Gasteiger partial charge in [-0.2, -0.15) is 0 Å². The van der Waals surface area contributed by atoms with Gasteiger partial charge in [-0.1, -0.05) is 23.2 Å². The summed E-state index contributed by atoms with van der Waals surface area (Å²) in [5.74, 6) is -1.25. The first-order valence-corrected chi connectivity index (χ1v) is 6.68. The molecule has 0 spiro atoms. The second kappa shape index (κ2) is 5.13. The highest BCUT2D eigenvalue weighted by Gasteiger charge is 2.18. The Morgan fingerprint density at radius 1 is 1.10 bits per heavy atom. The van der Waals surface area contributed by atoms with Crippen LogP contribution in [0.4, 0.5) is 8.78 Å². The van der Waals surface area contributed by atoms with Crippen LogP contribution in [0.5, 0.6) is 0 Å². The van der Waals surface area contributed by atoms with Gasteiger partial charge >= 0.3 is 0 Å². The van der Waals surface area contributed by atoms with Crippen molar-refractivity contribution in [2.24, 2.45) is 0 Å². The van der Waals surface area contributed by atoms with Gasteiger partial charge in [-0.3, -0.25) is 4.79 Å². The number of H-pyrrole nitrogens is 1. The van der Waals surface area contributed by atoms with E-state index in [-0.39, 0.29) is 21.8 Å². The van der Waals surface area contributed by atoms with Crippen molar-refractivity contribution < 1.29 is 13.6 Å². The van der Waals surface area contributed by atoms with Crippen molar-refractivity contribution in [3.05, 3.63) is 57.6 Å². The molecule has 0 radical (unpaired) electrons. The standard InChI is InChI=1S/C15H7Cl2F2NO/c16-7-3-11(17)14-10(6-21)15(20-13(14)4-7)9-5-8(18)1-2-12(9)19/h1-6,20H. The summed E-state index contributed by atoms with van der Waals surface area (Å²) in [6, 6.07) is 6.07. The van der Waals surface area contributed by atoms with Gasteiger partial charge in [0.15, 0.2) is 6.29 Å². The number of aromatic amines is 1. The molecule has 1 heterocycles. The van der Waals surface area contributed by atoms with Gasteiger partial charge in [-0.05, 0) is 30.3 Å². The predicted molar refractivity (Wildman–Crippen MR) is 79.1 cm³/mol. The van der Waals surface area contributed by atoms with E-state index in [0.29, 0.717) is 22.2 Å². The number of halogens is 4. The van der Waals surface area contributed by atoms with E-state index in [4.69, 9.17) is 23.2 Å². The summed E-state index contributed by atoms with van der Waals surface area (Å²) < 4.78 is 27.3. The molecule has 1 N–H and O–H groups in total. The molecule has 0 saturated carbocycles. The maximum Gasteiger partial charge on any atom is 0.152 e. The zero-order valence-electron chi connectivity index (χ0n) is 10.4. The van der Waals surface area contributed by atoms with Crippen molar-refractivity contribution >= 4 is 40.4 Å². The van der Waals surface area contributed by atoms with Crippen LogP contribution in [0.1, 0.15) is 10.4 Å². The van der Waals surface area contributed by atoms with Crippen molar-refractivity contribution in [1.29, 1.82) is 0 Å². The lowest BCUT2D eigenvalue weighted by atomic mass is 10.1. The van der Waals surface area contributed by atoms with Crippen molar-refractivity contribution in [3.63, 3.8) is 0 Å². The first kappa shape index (κ1) is 14.0. The molecule has 0 saturated heterocycles. The number of carbonyl (C=O) groups excluding carboxylic acids is 1. The van der Waals surface area contributed by atoms with Gasteiger partial charge in [-0.15, -0.1) is 0 Å². The van der Waals surface area contributed by atoms with Crippen LogP contribution in [-0.4, -0.2) is 11.3 Å². The lowest BCUT2D eigenvalue weighted by Gasteiger charge is -2.02. The SMILES string of the molecule is O=Cc1c(-c2cc(F)ccc2F)[nH]c2cc(Cl)cc(Cl)c12. The average Bonchev–Trinajstić information content (AvgIpc) is 2.79. The Labute approximate surface area is 128 Å². The molecule has 0 aliphatic rings. The van der Waals surface area contributed by atoms with Gasteiger partial charge in [0, 0.05) is 27.1 Å². The largest absolute Gasteiger partial charge is 0.354 e. The maximum absolute atomic E-state index is 13.9. The molecule has 2 nitrogen and oxygen atoms in total. The molecule has 1 aromatic heterocycles. The second-order valence-electron chi connectivity index (χ2n) is 4.47. The van der Waals surface area contributed by atoms with E-state index < -0.39 is 11.6 Å². The molecule has 2 aromatic carbocycles. The van der Waals surface area contributed by atoms with Gasteiger partial charge in [0.05, 0.1) is 10.7 Å². The summed E-state index contributed by atoms with van der Waals surface area (Å²) in [4.78, 5) is 14.3. The third-order valence-electron chi connectivity index (χ3n) is 3.17. The van der Waals surface area contributed by atoms with E-state index >= 15 is 0 Å². The second-order valence-corrected chi connectivity index (χ2v) is 5.31. The van der Waals surface area contributed by atoms with Crippen LogP contribution in [0, 0.1) is 11.6 Å². The monoisotopic (exact) mass is 325 g/mol. The number of hydrogen-bond donors (Lipinski definition) is 1. The molecule has 0 aliphatic carbocycles. The lowest BCUT2D eigenvalue weighted by molar-refractivity contribution is 0.112. The van der Waals surface area contributed by atoms with Gasteiger partial charge in [0.25, 0.3) is 0 Å². The van der Waals surface area contributed by atoms with Gasteiger partial charge in [0.1, 0.15) is 11.6 Å². The topological polar surface area (TPSA) is 32.9 Å². The smallest absolute Gasteiger partial charge is 0.152 e. The Hall–Kier alpha value is -1.91. The minimum atomic E-state index is -0.645. The fourth-order valence-corrected chi connectivity index (χ4v) is 2.89. The highest BCUT2D eigenvalue weighted by atomic mass is 35.5. The molecular weight excluding hydrogens is 319 g/mol. The van der Waals surface area contributed by atoms with Crippen LogP contribution in [0.2, 0.25) is 10.0 Å². The average molecular weight is 326 g/mol. The van der Waals surface area contributed by atoms with Gasteiger partial charge < -0.3 is 4.98 Å². The number of aromatic nitrogens is 1. The summed E-state index contributed by atoms with van der Waals surface area (Å²) in [7, 11) is 0. The van der Waals surface area contributed by atoms with Crippen molar-refractivity contribution in [2.45, 2.75) is 0 Å². The number of rotatable bonds is 2. The van der Waals surface area contributed by atoms with Gasteiger partial charge in [-0.25, -0.2) is 8.78 Å². The molecule has 0 atom stereocenters. The van der Waals surface area contributed by atoms with E-state index in [2.05, 4.69) is 4.98 Å². The molecule has 0 fully saturated rings. The summed E-state index contributed by atoms with van der Waals surface area (Å²) in [5.41, 5.74) is 0.770. The van der Waals surface area contributed by atoms with Crippen LogP contribution in [0.3, 0.4) is 0 Å².